The molecule has 0 amide bonds. The van der Waals surface area contributed by atoms with Gasteiger partial charge in [-0.1, -0.05) is 35.5 Å². The van der Waals surface area contributed by atoms with Crippen LogP contribution in [0.3, 0.4) is 0 Å². The number of benzene rings is 2. The molecule has 0 atom stereocenters. The number of hydrogen-bond donors (Lipinski definition) is 1. The second-order valence-corrected chi connectivity index (χ2v) is 4.18. The average Bonchev–Trinajstić information content (AvgIpc) is 2.98. The minimum atomic E-state index is 0.0319. The molecule has 0 spiro atoms. The van der Waals surface area contributed by atoms with Crippen LogP contribution < -0.4 is 4.74 Å². The zero-order chi connectivity index (χ0) is 13.9. The van der Waals surface area contributed by atoms with Gasteiger partial charge >= 0.3 is 0 Å². The van der Waals surface area contributed by atoms with Crippen LogP contribution in [-0.2, 0) is 0 Å². The summed E-state index contributed by atoms with van der Waals surface area (Å²) in [5.41, 5.74) is 1.51. The van der Waals surface area contributed by atoms with Crippen LogP contribution in [0.25, 0.3) is 22.8 Å². The second-order valence-electron chi connectivity index (χ2n) is 4.18. The molecule has 1 aromatic heterocycles. The van der Waals surface area contributed by atoms with Gasteiger partial charge in [-0.3, -0.25) is 0 Å². The van der Waals surface area contributed by atoms with Crippen molar-refractivity contribution < 1.29 is 14.4 Å². The van der Waals surface area contributed by atoms with Crippen molar-refractivity contribution >= 4 is 0 Å². The minimum absolute atomic E-state index is 0.0319. The van der Waals surface area contributed by atoms with E-state index in [0.29, 0.717) is 23.0 Å². The van der Waals surface area contributed by atoms with Gasteiger partial charge in [0.05, 0.1) is 7.11 Å². The molecule has 0 aliphatic heterocycles. The molecule has 0 radical (unpaired) electrons. The summed E-state index contributed by atoms with van der Waals surface area (Å²) in [5, 5.41) is 13.7. The third kappa shape index (κ3) is 2.21. The van der Waals surface area contributed by atoms with Crippen LogP contribution in [0.2, 0.25) is 0 Å². The fourth-order valence-electron chi connectivity index (χ4n) is 1.87. The number of rotatable bonds is 3. The van der Waals surface area contributed by atoms with Gasteiger partial charge in [-0.05, 0) is 18.2 Å². The van der Waals surface area contributed by atoms with Crippen molar-refractivity contribution in [3.63, 3.8) is 0 Å². The summed E-state index contributed by atoms with van der Waals surface area (Å²) in [6, 6.07) is 14.5. The Hall–Kier alpha value is -2.82. The van der Waals surface area contributed by atoms with Crippen LogP contribution in [0.15, 0.2) is 53.1 Å². The van der Waals surface area contributed by atoms with E-state index >= 15 is 0 Å². The maximum atomic E-state index is 9.76. The molecule has 0 unspecified atom stereocenters. The Bertz CT molecular complexity index is 723. The molecule has 2 aromatic carbocycles. The lowest BCUT2D eigenvalue weighted by atomic mass is 10.2. The van der Waals surface area contributed by atoms with Crippen molar-refractivity contribution in [2.24, 2.45) is 0 Å². The number of hydrogen-bond acceptors (Lipinski definition) is 5. The predicted octanol–water partition coefficient (Wildman–Crippen LogP) is 3.12. The molecule has 5 nitrogen and oxygen atoms in total. The van der Waals surface area contributed by atoms with Crippen molar-refractivity contribution in [3.8, 4) is 34.3 Å². The largest absolute Gasteiger partial charge is 0.504 e. The molecule has 3 aromatic rings. The Labute approximate surface area is 115 Å². The topological polar surface area (TPSA) is 68.4 Å². The summed E-state index contributed by atoms with van der Waals surface area (Å²) in [4.78, 5) is 4.32. The van der Waals surface area contributed by atoms with Crippen LogP contribution in [0.5, 0.6) is 11.5 Å². The van der Waals surface area contributed by atoms with E-state index in [1.165, 1.54) is 13.2 Å². The smallest absolute Gasteiger partial charge is 0.258 e. The van der Waals surface area contributed by atoms with Gasteiger partial charge < -0.3 is 14.4 Å². The van der Waals surface area contributed by atoms with E-state index in [0.717, 1.165) is 5.56 Å². The minimum Gasteiger partial charge on any atom is -0.504 e. The van der Waals surface area contributed by atoms with Crippen LogP contribution in [0.1, 0.15) is 0 Å². The molecular formula is C15H12N2O3. The SMILES string of the molecule is COc1ccc(-c2nc(-c3ccccc3)no2)cc1O. The lowest BCUT2D eigenvalue weighted by Crippen LogP contribution is -1.85. The predicted molar refractivity (Wildman–Crippen MR) is 73.4 cm³/mol. The van der Waals surface area contributed by atoms with Crippen molar-refractivity contribution in [2.75, 3.05) is 7.11 Å². The van der Waals surface area contributed by atoms with Crippen LogP contribution >= 0.6 is 0 Å². The summed E-state index contributed by atoms with van der Waals surface area (Å²) in [7, 11) is 1.49. The van der Waals surface area contributed by atoms with Crippen LogP contribution in [-0.4, -0.2) is 22.4 Å². The Kier molecular flexibility index (Phi) is 3.09. The number of ether oxygens (including phenoxy) is 1. The third-order valence-electron chi connectivity index (χ3n) is 2.88. The van der Waals surface area contributed by atoms with Crippen molar-refractivity contribution in [1.82, 2.24) is 10.1 Å². The molecular weight excluding hydrogens is 256 g/mol. The first kappa shape index (κ1) is 12.2. The van der Waals surface area contributed by atoms with Crippen molar-refractivity contribution in [2.45, 2.75) is 0 Å². The van der Waals surface area contributed by atoms with Gasteiger partial charge in [-0.25, -0.2) is 0 Å². The fourth-order valence-corrected chi connectivity index (χ4v) is 1.87. The van der Waals surface area contributed by atoms with E-state index in [1.54, 1.807) is 12.1 Å². The first-order chi connectivity index (χ1) is 9.78. The van der Waals surface area contributed by atoms with E-state index in [4.69, 9.17) is 9.26 Å². The Morgan fingerprint density at radius 2 is 1.85 bits per heavy atom. The van der Waals surface area contributed by atoms with E-state index in [2.05, 4.69) is 10.1 Å². The molecule has 0 saturated heterocycles. The lowest BCUT2D eigenvalue weighted by Gasteiger charge is -2.03. The van der Waals surface area contributed by atoms with Gasteiger partial charge in [0.1, 0.15) is 0 Å². The molecule has 1 N–H and O–H groups in total. The summed E-state index contributed by atoms with van der Waals surface area (Å²) in [5.74, 6) is 1.29. The molecule has 0 aliphatic carbocycles. The van der Waals surface area contributed by atoms with Crippen molar-refractivity contribution in [1.29, 1.82) is 0 Å². The molecule has 5 heteroatoms. The van der Waals surface area contributed by atoms with E-state index < -0.39 is 0 Å². The summed E-state index contributed by atoms with van der Waals surface area (Å²) >= 11 is 0. The molecule has 0 aliphatic rings. The quantitative estimate of drug-likeness (QED) is 0.790. The number of phenols is 1. The summed E-state index contributed by atoms with van der Waals surface area (Å²) < 4.78 is 10.2. The Balaban J connectivity index is 1.96. The van der Waals surface area contributed by atoms with E-state index in [-0.39, 0.29) is 5.75 Å². The van der Waals surface area contributed by atoms with Gasteiger partial charge in [0.25, 0.3) is 5.89 Å². The number of methoxy groups -OCH3 is 1. The summed E-state index contributed by atoms with van der Waals surface area (Å²) in [6.07, 6.45) is 0. The molecule has 3 rings (SSSR count). The number of aromatic nitrogens is 2. The van der Waals surface area contributed by atoms with Gasteiger partial charge in [0, 0.05) is 11.1 Å². The fraction of sp³-hybridized carbons (Fsp3) is 0.0667. The van der Waals surface area contributed by atoms with Crippen molar-refractivity contribution in [3.05, 3.63) is 48.5 Å². The molecule has 0 fully saturated rings. The third-order valence-corrected chi connectivity index (χ3v) is 2.88. The highest BCUT2D eigenvalue weighted by Gasteiger charge is 2.12. The highest BCUT2D eigenvalue weighted by atomic mass is 16.5. The zero-order valence-electron chi connectivity index (χ0n) is 10.8. The number of nitrogens with zero attached hydrogens (tertiary/aromatic N) is 2. The normalized spacial score (nSPS) is 10.4. The first-order valence-corrected chi connectivity index (χ1v) is 6.04. The maximum absolute atomic E-state index is 9.76. The van der Waals surface area contributed by atoms with Crippen LogP contribution in [0, 0.1) is 0 Å². The van der Waals surface area contributed by atoms with Gasteiger partial charge in [-0.15, -0.1) is 0 Å². The van der Waals surface area contributed by atoms with E-state index in [9.17, 15) is 5.11 Å². The molecule has 0 bridgehead atoms. The van der Waals surface area contributed by atoms with E-state index in [1.807, 2.05) is 30.3 Å². The molecule has 0 saturated carbocycles. The van der Waals surface area contributed by atoms with Gasteiger partial charge in [-0.2, -0.15) is 4.98 Å². The maximum Gasteiger partial charge on any atom is 0.258 e. The highest BCUT2D eigenvalue weighted by Crippen LogP contribution is 2.31. The summed E-state index contributed by atoms with van der Waals surface area (Å²) in [6.45, 7) is 0. The van der Waals surface area contributed by atoms with Crippen LogP contribution in [0.4, 0.5) is 0 Å². The first-order valence-electron chi connectivity index (χ1n) is 6.04. The second kappa shape index (κ2) is 5.05. The number of aromatic hydroxyl groups is 1. The molecule has 1 heterocycles. The van der Waals surface area contributed by atoms with Gasteiger partial charge in [0.15, 0.2) is 11.5 Å². The monoisotopic (exact) mass is 268 g/mol. The Morgan fingerprint density at radius 3 is 2.55 bits per heavy atom. The Morgan fingerprint density at radius 1 is 1.05 bits per heavy atom. The van der Waals surface area contributed by atoms with Gasteiger partial charge in [0.2, 0.25) is 5.82 Å². The average molecular weight is 268 g/mol. The molecule has 20 heavy (non-hydrogen) atoms. The highest BCUT2D eigenvalue weighted by molar-refractivity contribution is 5.62. The number of phenolic OH excluding ortho intramolecular Hbond substituents is 1. The zero-order valence-corrected chi connectivity index (χ0v) is 10.8. The molecule has 100 valence electrons. The standard InChI is InChI=1S/C15H12N2O3/c1-19-13-8-7-11(9-12(13)18)15-16-14(17-20-15)10-5-3-2-4-6-10/h2-9,18H,1H3. The lowest BCUT2D eigenvalue weighted by molar-refractivity contribution is 0.373.